The quantitative estimate of drug-likeness (QED) is 0.672. The summed E-state index contributed by atoms with van der Waals surface area (Å²) in [4.78, 5) is 23.3. The molecule has 3 N–H and O–H groups in total. The van der Waals surface area contributed by atoms with E-state index in [4.69, 9.17) is 0 Å². The Morgan fingerprint density at radius 1 is 0.963 bits per heavy atom. The monoisotopic (exact) mass is 393 g/mol. The number of sulfonamides is 1. The largest absolute Gasteiger partial charge is 0.326 e. The summed E-state index contributed by atoms with van der Waals surface area (Å²) in [5.41, 5.74) is 1.03. The van der Waals surface area contributed by atoms with Crippen molar-refractivity contribution in [1.29, 1.82) is 0 Å². The fourth-order valence-electron chi connectivity index (χ4n) is 2.26. The zero-order valence-electron chi connectivity index (χ0n) is 14.8. The highest BCUT2D eigenvalue weighted by Crippen LogP contribution is 2.15. The van der Waals surface area contributed by atoms with E-state index in [2.05, 4.69) is 15.4 Å². The number of anilines is 2. The van der Waals surface area contributed by atoms with Gasteiger partial charge < -0.3 is 10.6 Å². The highest BCUT2D eigenvalue weighted by Gasteiger charge is 2.24. The minimum absolute atomic E-state index is 0.130. The van der Waals surface area contributed by atoms with Gasteiger partial charge >= 0.3 is 0 Å². The molecule has 0 fully saturated rings. The number of hydrogen-bond acceptors (Lipinski definition) is 4. The maximum atomic E-state index is 13.0. The van der Waals surface area contributed by atoms with E-state index in [1.54, 1.807) is 31.2 Å². The minimum Gasteiger partial charge on any atom is -0.326 e. The number of carbonyl (C=O) groups excluding carboxylic acids is 2. The van der Waals surface area contributed by atoms with Crippen LogP contribution in [0.3, 0.4) is 0 Å². The van der Waals surface area contributed by atoms with E-state index in [-0.39, 0.29) is 17.2 Å². The molecule has 0 bridgehead atoms. The smallest absolute Gasteiger partial charge is 0.242 e. The third-order valence-electron chi connectivity index (χ3n) is 3.62. The molecule has 0 aliphatic carbocycles. The van der Waals surface area contributed by atoms with Crippen molar-refractivity contribution in [2.75, 3.05) is 10.6 Å². The minimum atomic E-state index is -3.97. The van der Waals surface area contributed by atoms with Gasteiger partial charge in [0.05, 0.1) is 4.90 Å². The Balaban J connectivity index is 2.06. The molecule has 2 aromatic rings. The average molecular weight is 393 g/mol. The first kappa shape index (κ1) is 20.5. The molecule has 2 aromatic carbocycles. The van der Waals surface area contributed by atoms with Gasteiger partial charge in [-0.05, 0) is 55.0 Å². The average Bonchev–Trinajstić information content (AvgIpc) is 2.61. The number of amides is 2. The summed E-state index contributed by atoms with van der Waals surface area (Å²) < 4.78 is 40.0. The number of benzene rings is 2. The van der Waals surface area contributed by atoms with Crippen molar-refractivity contribution in [3.63, 3.8) is 0 Å². The molecule has 1 atom stereocenters. The van der Waals surface area contributed by atoms with Gasteiger partial charge in [0, 0.05) is 18.3 Å². The highest BCUT2D eigenvalue weighted by molar-refractivity contribution is 7.89. The highest BCUT2D eigenvalue weighted by atomic mass is 32.2. The predicted octanol–water partition coefficient (Wildman–Crippen LogP) is 2.48. The van der Waals surface area contributed by atoms with Crippen LogP contribution in [0.1, 0.15) is 20.3 Å². The van der Waals surface area contributed by atoms with Gasteiger partial charge in [-0.3, -0.25) is 9.59 Å². The van der Waals surface area contributed by atoms with E-state index in [0.717, 1.165) is 24.3 Å². The van der Waals surface area contributed by atoms with E-state index >= 15 is 0 Å². The van der Waals surface area contributed by atoms with Crippen molar-refractivity contribution in [3.05, 3.63) is 54.3 Å². The molecule has 0 heterocycles. The van der Waals surface area contributed by atoms with Gasteiger partial charge in [0.2, 0.25) is 21.8 Å². The van der Waals surface area contributed by atoms with Gasteiger partial charge in [-0.15, -0.1) is 0 Å². The first-order valence-corrected chi connectivity index (χ1v) is 9.66. The van der Waals surface area contributed by atoms with Crippen LogP contribution in [0.25, 0.3) is 0 Å². The lowest BCUT2D eigenvalue weighted by Crippen LogP contribution is -2.43. The van der Waals surface area contributed by atoms with Gasteiger partial charge in [-0.1, -0.05) is 6.92 Å². The number of rotatable bonds is 7. The molecule has 1 unspecified atom stereocenters. The van der Waals surface area contributed by atoms with Gasteiger partial charge in [0.25, 0.3) is 0 Å². The Kier molecular flexibility index (Phi) is 6.65. The second-order valence-electron chi connectivity index (χ2n) is 5.78. The van der Waals surface area contributed by atoms with Gasteiger partial charge in [-0.2, -0.15) is 4.72 Å². The fourth-order valence-corrected chi connectivity index (χ4v) is 3.54. The summed E-state index contributed by atoms with van der Waals surface area (Å²) in [5.74, 6) is -1.30. The molecule has 7 nitrogen and oxygen atoms in total. The predicted molar refractivity (Wildman–Crippen MR) is 100 cm³/mol. The number of nitrogens with one attached hydrogen (secondary N) is 3. The SMILES string of the molecule is CCC(NS(=O)(=O)c1ccc(F)cc1)C(=O)Nc1ccc(NC(C)=O)cc1. The van der Waals surface area contributed by atoms with Crippen LogP contribution < -0.4 is 15.4 Å². The van der Waals surface area contributed by atoms with Crippen molar-refractivity contribution in [2.45, 2.75) is 31.2 Å². The second-order valence-corrected chi connectivity index (χ2v) is 7.50. The molecule has 0 spiro atoms. The second kappa shape index (κ2) is 8.74. The van der Waals surface area contributed by atoms with Crippen LogP contribution in [0.4, 0.5) is 15.8 Å². The van der Waals surface area contributed by atoms with Gasteiger partial charge in [0.1, 0.15) is 11.9 Å². The summed E-state index contributed by atoms with van der Waals surface area (Å²) in [6.07, 6.45) is 0.218. The lowest BCUT2D eigenvalue weighted by atomic mass is 10.2. The fraction of sp³-hybridized carbons (Fsp3) is 0.222. The van der Waals surface area contributed by atoms with E-state index in [9.17, 15) is 22.4 Å². The molecule has 144 valence electrons. The molecule has 0 saturated heterocycles. The van der Waals surface area contributed by atoms with Crippen molar-refractivity contribution in [3.8, 4) is 0 Å². The molecule has 0 aliphatic rings. The number of hydrogen-bond donors (Lipinski definition) is 3. The normalized spacial score (nSPS) is 12.3. The lowest BCUT2D eigenvalue weighted by Gasteiger charge is -2.17. The third-order valence-corrected chi connectivity index (χ3v) is 5.11. The van der Waals surface area contributed by atoms with Crippen molar-refractivity contribution in [2.24, 2.45) is 0 Å². The van der Waals surface area contributed by atoms with Crippen LogP contribution in [0.5, 0.6) is 0 Å². The Morgan fingerprint density at radius 3 is 1.96 bits per heavy atom. The molecular weight excluding hydrogens is 373 g/mol. The van der Waals surface area contributed by atoms with Gasteiger partial charge in [0.15, 0.2) is 0 Å². The summed E-state index contributed by atoms with van der Waals surface area (Å²) in [6, 6.07) is 9.72. The van der Waals surface area contributed by atoms with Crippen molar-refractivity contribution >= 4 is 33.2 Å². The molecule has 0 saturated carbocycles. The third kappa shape index (κ3) is 5.87. The van der Waals surface area contributed by atoms with E-state index < -0.39 is 27.8 Å². The summed E-state index contributed by atoms with van der Waals surface area (Å²) in [5, 5.41) is 5.22. The van der Waals surface area contributed by atoms with E-state index in [1.165, 1.54) is 6.92 Å². The molecule has 0 radical (unpaired) electrons. The summed E-state index contributed by atoms with van der Waals surface area (Å²) >= 11 is 0. The van der Waals surface area contributed by atoms with E-state index in [1.807, 2.05) is 0 Å². The van der Waals surface area contributed by atoms with Crippen LogP contribution in [0.2, 0.25) is 0 Å². The Hall–Kier alpha value is -2.78. The van der Waals surface area contributed by atoms with Gasteiger partial charge in [-0.25, -0.2) is 12.8 Å². The molecule has 0 aliphatic heterocycles. The molecule has 9 heteroatoms. The van der Waals surface area contributed by atoms with Crippen LogP contribution in [-0.2, 0) is 19.6 Å². The lowest BCUT2D eigenvalue weighted by molar-refractivity contribution is -0.118. The molecule has 2 rings (SSSR count). The molecule has 0 aromatic heterocycles. The van der Waals surface area contributed by atoms with Crippen molar-refractivity contribution in [1.82, 2.24) is 4.72 Å². The molecule has 27 heavy (non-hydrogen) atoms. The summed E-state index contributed by atoms with van der Waals surface area (Å²) in [7, 11) is -3.97. The van der Waals surface area contributed by atoms with Crippen LogP contribution in [0, 0.1) is 5.82 Å². The summed E-state index contributed by atoms with van der Waals surface area (Å²) in [6.45, 7) is 3.05. The van der Waals surface area contributed by atoms with Crippen LogP contribution in [-0.4, -0.2) is 26.3 Å². The standard InChI is InChI=1S/C18H20FN3O4S/c1-3-17(22-27(25,26)16-10-4-13(19)5-11-16)18(24)21-15-8-6-14(7-9-15)20-12(2)23/h4-11,17,22H,3H2,1-2H3,(H,20,23)(H,21,24). The Morgan fingerprint density at radius 2 is 1.48 bits per heavy atom. The maximum absolute atomic E-state index is 13.0. The Bertz CT molecular complexity index is 913. The number of halogens is 1. The van der Waals surface area contributed by atoms with E-state index in [0.29, 0.717) is 11.4 Å². The first-order valence-electron chi connectivity index (χ1n) is 8.17. The Labute approximate surface area is 157 Å². The maximum Gasteiger partial charge on any atom is 0.242 e. The number of carbonyl (C=O) groups is 2. The first-order chi connectivity index (χ1) is 12.7. The zero-order chi connectivity index (χ0) is 20.0. The van der Waals surface area contributed by atoms with Crippen LogP contribution >= 0.6 is 0 Å². The zero-order valence-corrected chi connectivity index (χ0v) is 15.6. The molecule has 2 amide bonds. The van der Waals surface area contributed by atoms with Crippen molar-refractivity contribution < 1.29 is 22.4 Å². The topological polar surface area (TPSA) is 104 Å². The van der Waals surface area contributed by atoms with Crippen LogP contribution in [0.15, 0.2) is 53.4 Å². The molecular formula is C18H20FN3O4S.